The number of carbonyl (C=O) groups excluding carboxylic acids is 1. The first kappa shape index (κ1) is 17.4. The summed E-state index contributed by atoms with van der Waals surface area (Å²) in [5.41, 5.74) is 1.29. The molecular formula is C18H19NO5. The molecule has 6 heteroatoms. The number of benzene rings is 2. The van der Waals surface area contributed by atoms with Crippen LogP contribution in [-0.2, 0) is 4.79 Å². The van der Waals surface area contributed by atoms with Gasteiger partial charge in [-0.2, -0.15) is 0 Å². The maximum atomic E-state index is 11.8. The smallest absolute Gasteiger partial charge is 0.244 e. The predicted molar refractivity (Wildman–Crippen MR) is 89.8 cm³/mol. The molecule has 0 aromatic heterocycles. The quantitative estimate of drug-likeness (QED) is 0.607. The van der Waals surface area contributed by atoms with Crippen LogP contribution in [0, 0.1) is 0 Å². The Morgan fingerprint density at radius 2 is 1.92 bits per heavy atom. The molecule has 0 heterocycles. The Balaban J connectivity index is 1.89. The summed E-state index contributed by atoms with van der Waals surface area (Å²) in [5.74, 6) is 0.0959. The first-order valence-corrected chi connectivity index (χ1v) is 7.29. The van der Waals surface area contributed by atoms with Crippen LogP contribution in [0.25, 0.3) is 6.08 Å². The van der Waals surface area contributed by atoms with E-state index >= 15 is 0 Å². The average molecular weight is 329 g/mol. The average Bonchev–Trinajstić information content (AvgIpc) is 2.59. The van der Waals surface area contributed by atoms with Gasteiger partial charge in [0, 0.05) is 12.6 Å². The number of aliphatic hydroxyl groups excluding tert-OH is 1. The normalized spacial score (nSPS) is 12.1. The van der Waals surface area contributed by atoms with Crippen LogP contribution in [0.2, 0.25) is 0 Å². The van der Waals surface area contributed by atoms with Crippen LogP contribution in [0.5, 0.6) is 17.2 Å². The Kier molecular flexibility index (Phi) is 5.81. The fourth-order valence-corrected chi connectivity index (χ4v) is 2.04. The molecule has 2 aromatic carbocycles. The highest BCUT2D eigenvalue weighted by Crippen LogP contribution is 2.26. The molecule has 1 atom stereocenters. The van der Waals surface area contributed by atoms with Gasteiger partial charge in [0.05, 0.1) is 13.2 Å². The Morgan fingerprint density at radius 3 is 2.58 bits per heavy atom. The monoisotopic (exact) mass is 329 g/mol. The van der Waals surface area contributed by atoms with E-state index in [0.29, 0.717) is 16.9 Å². The maximum absolute atomic E-state index is 11.8. The zero-order valence-electron chi connectivity index (χ0n) is 13.1. The minimum absolute atomic E-state index is 0.0242. The van der Waals surface area contributed by atoms with Crippen LogP contribution in [0.3, 0.4) is 0 Å². The summed E-state index contributed by atoms with van der Waals surface area (Å²) in [4.78, 5) is 11.8. The summed E-state index contributed by atoms with van der Waals surface area (Å²) in [7, 11) is 1.44. The van der Waals surface area contributed by atoms with E-state index in [-0.39, 0.29) is 24.0 Å². The minimum atomic E-state index is -0.864. The molecule has 0 fully saturated rings. The molecule has 0 radical (unpaired) electrons. The molecular weight excluding hydrogens is 310 g/mol. The SMILES string of the molecule is COc1cc(/C=C/C(=O)NC[C@H](O)c2ccc(O)cc2)ccc1O. The van der Waals surface area contributed by atoms with Crippen LogP contribution in [0.4, 0.5) is 0 Å². The van der Waals surface area contributed by atoms with E-state index < -0.39 is 6.10 Å². The molecule has 0 spiro atoms. The number of phenolic OH excluding ortho intramolecular Hbond substituents is 2. The lowest BCUT2D eigenvalue weighted by atomic mass is 10.1. The fourth-order valence-electron chi connectivity index (χ4n) is 2.04. The number of ether oxygens (including phenoxy) is 1. The summed E-state index contributed by atoms with van der Waals surface area (Å²) < 4.78 is 4.99. The molecule has 0 aliphatic rings. The van der Waals surface area contributed by atoms with Gasteiger partial charge in [-0.15, -0.1) is 0 Å². The molecule has 6 nitrogen and oxygen atoms in total. The standard InChI is InChI=1S/C18H19NO5/c1-24-17-10-12(2-8-15(17)21)3-9-18(23)19-11-16(22)13-4-6-14(20)7-5-13/h2-10,16,20-22H,11H2,1H3,(H,19,23)/b9-3+/t16-/m0/s1. The second kappa shape index (κ2) is 8.03. The van der Waals surface area contributed by atoms with Crippen molar-refractivity contribution in [1.29, 1.82) is 0 Å². The van der Waals surface area contributed by atoms with Crippen molar-refractivity contribution in [2.45, 2.75) is 6.10 Å². The predicted octanol–water partition coefficient (Wildman–Crippen LogP) is 1.97. The first-order chi connectivity index (χ1) is 11.5. The number of amides is 1. The van der Waals surface area contributed by atoms with E-state index in [1.54, 1.807) is 30.3 Å². The summed E-state index contributed by atoms with van der Waals surface area (Å²) >= 11 is 0. The van der Waals surface area contributed by atoms with Gasteiger partial charge in [0.15, 0.2) is 11.5 Å². The van der Waals surface area contributed by atoms with Gasteiger partial charge in [0.25, 0.3) is 0 Å². The number of carbonyl (C=O) groups is 1. The maximum Gasteiger partial charge on any atom is 0.244 e. The molecule has 126 valence electrons. The van der Waals surface area contributed by atoms with Gasteiger partial charge in [-0.1, -0.05) is 18.2 Å². The topological polar surface area (TPSA) is 99.0 Å². The van der Waals surface area contributed by atoms with Gasteiger partial charge in [-0.25, -0.2) is 0 Å². The number of nitrogens with one attached hydrogen (secondary N) is 1. The van der Waals surface area contributed by atoms with E-state index in [0.717, 1.165) is 0 Å². The highest BCUT2D eigenvalue weighted by atomic mass is 16.5. The summed E-state index contributed by atoms with van der Waals surface area (Å²) in [5, 5.41) is 31.3. The van der Waals surface area contributed by atoms with Crippen molar-refractivity contribution < 1.29 is 24.9 Å². The van der Waals surface area contributed by atoms with Crippen LogP contribution in [0.15, 0.2) is 48.5 Å². The van der Waals surface area contributed by atoms with Crippen molar-refractivity contribution in [2.75, 3.05) is 13.7 Å². The number of rotatable bonds is 6. The van der Waals surface area contributed by atoms with Crippen molar-refractivity contribution in [3.05, 3.63) is 59.7 Å². The van der Waals surface area contributed by atoms with Crippen molar-refractivity contribution in [1.82, 2.24) is 5.32 Å². The van der Waals surface area contributed by atoms with Crippen molar-refractivity contribution >= 4 is 12.0 Å². The number of aromatic hydroxyl groups is 2. The van der Waals surface area contributed by atoms with Crippen molar-refractivity contribution in [3.8, 4) is 17.2 Å². The lowest BCUT2D eigenvalue weighted by Crippen LogP contribution is -2.26. The van der Waals surface area contributed by atoms with E-state index in [4.69, 9.17) is 4.74 Å². The van der Waals surface area contributed by atoms with Gasteiger partial charge in [-0.05, 0) is 41.5 Å². The van der Waals surface area contributed by atoms with Crippen LogP contribution >= 0.6 is 0 Å². The Labute approximate surface area is 139 Å². The number of methoxy groups -OCH3 is 1. The first-order valence-electron chi connectivity index (χ1n) is 7.29. The summed E-state index contributed by atoms with van der Waals surface area (Å²) in [6.45, 7) is 0.0485. The third kappa shape index (κ3) is 4.76. The van der Waals surface area contributed by atoms with Crippen LogP contribution in [0.1, 0.15) is 17.2 Å². The zero-order chi connectivity index (χ0) is 17.5. The lowest BCUT2D eigenvalue weighted by molar-refractivity contribution is -0.116. The summed E-state index contributed by atoms with van der Waals surface area (Å²) in [6, 6.07) is 10.8. The molecule has 0 aliphatic heterocycles. The van der Waals surface area contributed by atoms with Gasteiger partial charge < -0.3 is 25.4 Å². The van der Waals surface area contributed by atoms with Gasteiger partial charge in [0.1, 0.15) is 5.75 Å². The molecule has 2 aromatic rings. The minimum Gasteiger partial charge on any atom is -0.508 e. The lowest BCUT2D eigenvalue weighted by Gasteiger charge is -2.11. The Morgan fingerprint density at radius 1 is 1.21 bits per heavy atom. The fraction of sp³-hybridized carbons (Fsp3) is 0.167. The van der Waals surface area contributed by atoms with Gasteiger partial charge >= 0.3 is 0 Å². The Hall–Kier alpha value is -2.99. The van der Waals surface area contributed by atoms with Crippen molar-refractivity contribution in [3.63, 3.8) is 0 Å². The highest BCUT2D eigenvalue weighted by molar-refractivity contribution is 5.91. The molecule has 2 rings (SSSR count). The molecule has 4 N–H and O–H groups in total. The molecule has 0 unspecified atom stereocenters. The second-order valence-electron chi connectivity index (χ2n) is 5.12. The zero-order valence-corrected chi connectivity index (χ0v) is 13.1. The third-order valence-electron chi connectivity index (χ3n) is 3.38. The number of aliphatic hydroxyl groups is 1. The van der Waals surface area contributed by atoms with Crippen molar-refractivity contribution in [2.24, 2.45) is 0 Å². The molecule has 0 saturated heterocycles. The van der Waals surface area contributed by atoms with Gasteiger partial charge in [-0.3, -0.25) is 4.79 Å². The van der Waals surface area contributed by atoms with E-state index in [9.17, 15) is 20.1 Å². The molecule has 0 aliphatic carbocycles. The highest BCUT2D eigenvalue weighted by Gasteiger charge is 2.08. The molecule has 0 saturated carbocycles. The van der Waals surface area contributed by atoms with E-state index in [2.05, 4.69) is 5.32 Å². The second-order valence-corrected chi connectivity index (χ2v) is 5.12. The number of phenols is 2. The number of hydrogen-bond donors (Lipinski definition) is 4. The van der Waals surface area contributed by atoms with E-state index in [1.165, 1.54) is 31.4 Å². The molecule has 24 heavy (non-hydrogen) atoms. The largest absolute Gasteiger partial charge is 0.508 e. The van der Waals surface area contributed by atoms with Crippen LogP contribution in [-0.4, -0.2) is 34.9 Å². The molecule has 0 bridgehead atoms. The van der Waals surface area contributed by atoms with Crippen LogP contribution < -0.4 is 10.1 Å². The Bertz CT molecular complexity index is 725. The third-order valence-corrected chi connectivity index (χ3v) is 3.38. The molecule has 1 amide bonds. The number of hydrogen-bond acceptors (Lipinski definition) is 5. The summed E-state index contributed by atoms with van der Waals surface area (Å²) in [6.07, 6.45) is 2.04. The van der Waals surface area contributed by atoms with E-state index in [1.807, 2.05) is 0 Å². The van der Waals surface area contributed by atoms with Gasteiger partial charge in [0.2, 0.25) is 5.91 Å².